The van der Waals surface area contributed by atoms with E-state index in [0.717, 1.165) is 22.8 Å². The first kappa shape index (κ1) is 21.2. The number of aryl methyl sites for hydroxylation is 3. The molecule has 0 radical (unpaired) electrons. The molecule has 0 atom stereocenters. The summed E-state index contributed by atoms with van der Waals surface area (Å²) in [5.41, 5.74) is 9.58. The van der Waals surface area contributed by atoms with Gasteiger partial charge in [-0.05, 0) is 56.2 Å². The summed E-state index contributed by atoms with van der Waals surface area (Å²) in [7, 11) is 2.11. The highest BCUT2D eigenvalue weighted by atomic mass is 15.3. The number of benzene rings is 3. The Labute approximate surface area is 195 Å². The van der Waals surface area contributed by atoms with Crippen molar-refractivity contribution in [3.63, 3.8) is 0 Å². The Morgan fingerprint density at radius 2 is 1.42 bits per heavy atom. The molecule has 2 aromatic heterocycles. The lowest BCUT2D eigenvalue weighted by Gasteiger charge is -2.14. The van der Waals surface area contributed by atoms with E-state index in [4.69, 9.17) is 4.98 Å². The number of hydrogen-bond donors (Lipinski definition) is 0. The second kappa shape index (κ2) is 8.04. The molecule has 33 heavy (non-hydrogen) atoms. The third kappa shape index (κ3) is 3.29. The van der Waals surface area contributed by atoms with Crippen LogP contribution in [0.15, 0.2) is 72.8 Å². The Kier molecular flexibility index (Phi) is 5.16. The molecule has 0 unspecified atom stereocenters. The Morgan fingerprint density at radius 3 is 2.06 bits per heavy atom. The Hall–Kier alpha value is -3.66. The quantitative estimate of drug-likeness (QED) is 0.302. The summed E-state index contributed by atoms with van der Waals surface area (Å²) in [5.74, 6) is 2.42. The van der Waals surface area contributed by atoms with Gasteiger partial charge in [0.05, 0.1) is 5.69 Å². The number of aromatic nitrogens is 4. The maximum atomic E-state index is 5.11. The van der Waals surface area contributed by atoms with Gasteiger partial charge in [-0.25, -0.2) is 9.13 Å². The summed E-state index contributed by atoms with van der Waals surface area (Å²) in [6, 6.07) is 25.6. The molecule has 0 saturated carbocycles. The van der Waals surface area contributed by atoms with Gasteiger partial charge < -0.3 is 0 Å². The number of para-hydroxylation sites is 3. The van der Waals surface area contributed by atoms with Crippen LogP contribution >= 0.6 is 0 Å². The van der Waals surface area contributed by atoms with Crippen molar-refractivity contribution in [2.75, 3.05) is 0 Å². The molecular weight excluding hydrogens is 404 g/mol. The van der Waals surface area contributed by atoms with Gasteiger partial charge in [0, 0.05) is 18.5 Å². The molecule has 0 aliphatic carbocycles. The first-order valence-electron chi connectivity index (χ1n) is 11.6. The Morgan fingerprint density at radius 1 is 0.788 bits per heavy atom. The fraction of sp³-hybridized carbons (Fsp3) is 0.241. The Balaban J connectivity index is 1.99. The molecule has 5 aromatic rings. The van der Waals surface area contributed by atoms with Crippen molar-refractivity contribution in [1.29, 1.82) is 0 Å². The van der Waals surface area contributed by atoms with Gasteiger partial charge in [-0.3, -0.25) is 0 Å². The number of rotatable bonds is 4. The maximum absolute atomic E-state index is 5.11. The van der Waals surface area contributed by atoms with Gasteiger partial charge in [0.25, 0.3) is 0 Å². The van der Waals surface area contributed by atoms with Crippen molar-refractivity contribution in [3.8, 4) is 23.0 Å². The van der Waals surface area contributed by atoms with Crippen molar-refractivity contribution in [1.82, 2.24) is 14.1 Å². The minimum absolute atomic E-state index is 0.337. The number of fused-ring (bicyclic) bond motifs is 1. The third-order valence-electron chi connectivity index (χ3n) is 6.60. The average Bonchev–Trinajstić information content (AvgIpc) is 3.28. The third-order valence-corrected chi connectivity index (χ3v) is 6.60. The maximum Gasteiger partial charge on any atom is 0.360 e. The van der Waals surface area contributed by atoms with Crippen molar-refractivity contribution in [3.05, 3.63) is 95.3 Å². The molecule has 4 nitrogen and oxygen atoms in total. The molecule has 0 N–H and O–H groups in total. The highest BCUT2D eigenvalue weighted by Gasteiger charge is 2.33. The second-order valence-corrected chi connectivity index (χ2v) is 9.18. The summed E-state index contributed by atoms with van der Waals surface area (Å²) < 4.78 is 7.01. The van der Waals surface area contributed by atoms with Crippen molar-refractivity contribution in [2.45, 2.75) is 40.5 Å². The summed E-state index contributed by atoms with van der Waals surface area (Å²) in [5, 5.41) is 0. The molecule has 0 fully saturated rings. The average molecular weight is 436 g/mol. The molecule has 3 aromatic carbocycles. The molecule has 0 amide bonds. The zero-order valence-corrected chi connectivity index (χ0v) is 20.3. The largest absolute Gasteiger partial charge is 0.360 e. The van der Waals surface area contributed by atoms with Crippen LogP contribution in [0.3, 0.4) is 0 Å². The van der Waals surface area contributed by atoms with E-state index in [0.29, 0.717) is 5.92 Å². The minimum Gasteiger partial charge on any atom is -0.248 e. The molecule has 0 spiro atoms. The van der Waals surface area contributed by atoms with Crippen LogP contribution in [0, 0.1) is 20.8 Å². The van der Waals surface area contributed by atoms with Crippen LogP contribution in [-0.2, 0) is 7.05 Å². The smallest absolute Gasteiger partial charge is 0.248 e. The van der Waals surface area contributed by atoms with E-state index in [1.807, 2.05) is 0 Å². The van der Waals surface area contributed by atoms with Gasteiger partial charge in [-0.2, -0.15) is 4.57 Å². The zero-order valence-electron chi connectivity index (χ0n) is 20.3. The summed E-state index contributed by atoms with van der Waals surface area (Å²) in [6.07, 6.45) is 0. The first-order chi connectivity index (χ1) is 15.9. The highest BCUT2D eigenvalue weighted by molar-refractivity contribution is 5.76. The van der Waals surface area contributed by atoms with E-state index >= 15 is 0 Å². The fourth-order valence-corrected chi connectivity index (χ4v) is 5.13. The molecule has 166 valence electrons. The zero-order chi connectivity index (χ0) is 23.3. The molecule has 0 bridgehead atoms. The molecular formula is C29H31N4+. The van der Waals surface area contributed by atoms with Gasteiger partial charge in [0.15, 0.2) is 5.52 Å². The van der Waals surface area contributed by atoms with Crippen LogP contribution in [-0.4, -0.2) is 14.1 Å². The Bertz CT molecular complexity index is 1450. The van der Waals surface area contributed by atoms with Gasteiger partial charge in [0.1, 0.15) is 16.9 Å². The topological polar surface area (TPSA) is 26.6 Å². The molecule has 2 heterocycles. The van der Waals surface area contributed by atoms with E-state index in [1.165, 1.54) is 33.8 Å². The van der Waals surface area contributed by atoms with Crippen molar-refractivity contribution in [2.24, 2.45) is 7.05 Å². The molecule has 0 aliphatic heterocycles. The minimum atomic E-state index is 0.337. The number of nitrogens with zero attached hydrogens (tertiary/aromatic N) is 4. The van der Waals surface area contributed by atoms with Crippen molar-refractivity contribution >= 4 is 11.0 Å². The molecule has 0 saturated heterocycles. The highest BCUT2D eigenvalue weighted by Crippen LogP contribution is 2.34. The number of imidazole rings is 2. The van der Waals surface area contributed by atoms with Gasteiger partial charge in [-0.15, -0.1) is 4.98 Å². The lowest BCUT2D eigenvalue weighted by atomic mass is 10.0. The predicted molar refractivity (Wildman–Crippen MR) is 135 cm³/mol. The van der Waals surface area contributed by atoms with Crippen LogP contribution in [0.2, 0.25) is 0 Å². The fourth-order valence-electron chi connectivity index (χ4n) is 5.13. The standard InChI is InChI=1S/C29H31N4/c1-19(2)27-22(5)32(29-30-24-17-10-11-18-25(24)31(29)6)28(26-20(3)13-12-14-21(26)4)33(27)23-15-8-7-9-16-23/h7-19H,1-6H3/q+1. The van der Waals surface area contributed by atoms with E-state index in [1.54, 1.807) is 0 Å². The lowest BCUT2D eigenvalue weighted by Crippen LogP contribution is -2.38. The van der Waals surface area contributed by atoms with Crippen LogP contribution in [0.5, 0.6) is 0 Å². The van der Waals surface area contributed by atoms with Crippen LogP contribution < -0.4 is 4.57 Å². The first-order valence-corrected chi connectivity index (χ1v) is 11.6. The van der Waals surface area contributed by atoms with E-state index in [9.17, 15) is 0 Å². The SMILES string of the molecule is Cc1cccc(C)c1-c1n(-c2ccccc2)c(C(C)C)c(C)[n+]1-c1nc2ccccc2n1C. The van der Waals surface area contributed by atoms with Crippen LogP contribution in [0.1, 0.15) is 42.3 Å². The number of hydrogen-bond acceptors (Lipinski definition) is 1. The predicted octanol–water partition coefficient (Wildman–Crippen LogP) is 6.36. The van der Waals surface area contributed by atoms with Crippen LogP contribution in [0.4, 0.5) is 0 Å². The van der Waals surface area contributed by atoms with Gasteiger partial charge >= 0.3 is 5.95 Å². The molecule has 0 aliphatic rings. The second-order valence-electron chi connectivity index (χ2n) is 9.18. The summed E-state index contributed by atoms with van der Waals surface area (Å²) >= 11 is 0. The molecule has 5 rings (SSSR count). The monoisotopic (exact) mass is 435 g/mol. The van der Waals surface area contributed by atoms with Crippen molar-refractivity contribution < 1.29 is 4.57 Å². The van der Waals surface area contributed by atoms with Gasteiger partial charge in [-0.1, -0.05) is 62.4 Å². The summed E-state index contributed by atoms with van der Waals surface area (Å²) in [4.78, 5) is 5.11. The normalized spacial score (nSPS) is 11.6. The lowest BCUT2D eigenvalue weighted by molar-refractivity contribution is -0.599. The van der Waals surface area contributed by atoms with Crippen LogP contribution in [0.25, 0.3) is 34.1 Å². The van der Waals surface area contributed by atoms with Gasteiger partial charge in [0.2, 0.25) is 5.82 Å². The summed E-state index contributed by atoms with van der Waals surface area (Å²) in [6.45, 7) is 11.2. The van der Waals surface area contributed by atoms with E-state index < -0.39 is 0 Å². The molecule has 4 heteroatoms. The van der Waals surface area contributed by atoms with E-state index in [2.05, 4.69) is 128 Å². The van der Waals surface area contributed by atoms with E-state index in [-0.39, 0.29) is 0 Å².